The number of amides is 2. The summed E-state index contributed by atoms with van der Waals surface area (Å²) in [6.07, 6.45) is 0.823. The smallest absolute Gasteiger partial charge is 0.245 e. The Hall–Kier alpha value is -1.14. The maximum absolute atomic E-state index is 12.5. The van der Waals surface area contributed by atoms with Gasteiger partial charge in [0.1, 0.15) is 6.04 Å². The summed E-state index contributed by atoms with van der Waals surface area (Å²) in [7, 11) is 3.20. The molecule has 2 amide bonds. The van der Waals surface area contributed by atoms with Gasteiger partial charge in [0.2, 0.25) is 11.8 Å². The van der Waals surface area contributed by atoms with Crippen molar-refractivity contribution < 1.29 is 19.1 Å². The topological polar surface area (TPSA) is 67.9 Å². The number of ether oxygens (including phenoxy) is 2. The molecule has 0 spiro atoms. The highest BCUT2D eigenvalue weighted by Crippen LogP contribution is 2.12. The first-order chi connectivity index (χ1) is 9.47. The number of methoxy groups -OCH3 is 2. The molecule has 6 heteroatoms. The summed E-state index contributed by atoms with van der Waals surface area (Å²) in [6, 6.07) is -0.426. The second-order valence-electron chi connectivity index (χ2n) is 5.60. The van der Waals surface area contributed by atoms with Crippen LogP contribution in [-0.2, 0) is 19.1 Å². The van der Waals surface area contributed by atoms with Gasteiger partial charge in [0, 0.05) is 33.7 Å². The molecule has 0 aliphatic carbocycles. The van der Waals surface area contributed by atoms with Crippen molar-refractivity contribution in [3.05, 3.63) is 0 Å². The summed E-state index contributed by atoms with van der Waals surface area (Å²) in [5.41, 5.74) is 0. The van der Waals surface area contributed by atoms with Gasteiger partial charge in [-0.05, 0) is 12.3 Å². The summed E-state index contributed by atoms with van der Waals surface area (Å²) in [5.74, 6) is 0.260. The molecule has 1 N–H and O–H groups in total. The van der Waals surface area contributed by atoms with Gasteiger partial charge in [-0.1, -0.05) is 13.8 Å². The van der Waals surface area contributed by atoms with Gasteiger partial charge < -0.3 is 19.7 Å². The molecule has 1 aliphatic rings. The molecule has 116 valence electrons. The predicted octanol–water partition coefficient (Wildman–Crippen LogP) is 0.411. The first-order valence-corrected chi connectivity index (χ1v) is 7.07. The van der Waals surface area contributed by atoms with Gasteiger partial charge >= 0.3 is 0 Å². The van der Waals surface area contributed by atoms with Crippen LogP contribution in [0.25, 0.3) is 0 Å². The number of carbonyl (C=O) groups is 2. The number of rotatable bonds is 7. The van der Waals surface area contributed by atoms with Gasteiger partial charge in [0.25, 0.3) is 0 Å². The zero-order valence-electron chi connectivity index (χ0n) is 12.8. The van der Waals surface area contributed by atoms with Crippen molar-refractivity contribution in [2.24, 2.45) is 5.92 Å². The first kappa shape index (κ1) is 16.9. The lowest BCUT2D eigenvalue weighted by atomic mass is 10.0. The van der Waals surface area contributed by atoms with Crippen LogP contribution in [0, 0.1) is 5.92 Å². The predicted molar refractivity (Wildman–Crippen MR) is 75.3 cm³/mol. The van der Waals surface area contributed by atoms with E-state index >= 15 is 0 Å². The van der Waals surface area contributed by atoms with E-state index in [4.69, 9.17) is 9.47 Å². The minimum absolute atomic E-state index is 0.0253. The quantitative estimate of drug-likeness (QED) is 0.736. The van der Waals surface area contributed by atoms with Crippen LogP contribution in [0.4, 0.5) is 0 Å². The van der Waals surface area contributed by atoms with Crippen LogP contribution >= 0.6 is 0 Å². The normalized spacial score (nSPS) is 21.9. The van der Waals surface area contributed by atoms with E-state index in [-0.39, 0.29) is 17.9 Å². The molecular formula is C14H26N2O4. The number of carbonyl (C=O) groups excluding carboxylic acids is 2. The van der Waals surface area contributed by atoms with E-state index < -0.39 is 6.04 Å². The van der Waals surface area contributed by atoms with Gasteiger partial charge in [0.05, 0.1) is 12.7 Å². The minimum Gasteiger partial charge on any atom is -0.382 e. The van der Waals surface area contributed by atoms with E-state index in [9.17, 15) is 9.59 Å². The lowest BCUT2D eigenvalue weighted by molar-refractivity contribution is -0.136. The Labute approximate surface area is 120 Å². The van der Waals surface area contributed by atoms with E-state index in [0.717, 1.165) is 0 Å². The van der Waals surface area contributed by atoms with E-state index in [1.54, 1.807) is 19.1 Å². The monoisotopic (exact) mass is 286 g/mol. The molecule has 0 aromatic heterocycles. The van der Waals surface area contributed by atoms with Crippen molar-refractivity contribution in [3.63, 3.8) is 0 Å². The Morgan fingerprint density at radius 3 is 2.60 bits per heavy atom. The Kier molecular flexibility index (Phi) is 6.95. The van der Waals surface area contributed by atoms with E-state index in [0.29, 0.717) is 38.5 Å². The molecule has 20 heavy (non-hydrogen) atoms. The number of hydrogen-bond donors (Lipinski definition) is 1. The SMILES string of the molecule is COCC(CN1CCC(=O)NC(CC(C)C)C1=O)OC. The average Bonchev–Trinajstić information content (AvgIpc) is 2.51. The standard InChI is InChI=1S/C14H26N2O4/c1-10(2)7-12-14(18)16(6-5-13(17)15-12)8-11(20-4)9-19-3/h10-12H,5-9H2,1-4H3,(H,15,17). The van der Waals surface area contributed by atoms with Crippen molar-refractivity contribution in [1.82, 2.24) is 10.2 Å². The number of hydrogen-bond acceptors (Lipinski definition) is 4. The highest BCUT2D eigenvalue weighted by Gasteiger charge is 2.31. The highest BCUT2D eigenvalue weighted by molar-refractivity contribution is 5.89. The average molecular weight is 286 g/mol. The van der Waals surface area contributed by atoms with Crippen LogP contribution in [0.1, 0.15) is 26.7 Å². The molecule has 2 atom stereocenters. The van der Waals surface area contributed by atoms with E-state index in [1.165, 1.54) is 0 Å². The van der Waals surface area contributed by atoms with Gasteiger partial charge in [-0.3, -0.25) is 9.59 Å². The van der Waals surface area contributed by atoms with Crippen molar-refractivity contribution in [2.75, 3.05) is 33.9 Å². The third kappa shape index (κ3) is 5.09. The maximum Gasteiger partial charge on any atom is 0.245 e. The summed E-state index contributed by atoms with van der Waals surface area (Å²) in [5, 5.41) is 2.81. The molecule has 0 aromatic carbocycles. The molecule has 1 aliphatic heterocycles. The Morgan fingerprint density at radius 1 is 1.35 bits per heavy atom. The van der Waals surface area contributed by atoms with Gasteiger partial charge in [-0.25, -0.2) is 0 Å². The Morgan fingerprint density at radius 2 is 2.05 bits per heavy atom. The second kappa shape index (κ2) is 8.21. The van der Waals surface area contributed by atoms with Crippen LogP contribution in [-0.4, -0.2) is 62.8 Å². The molecule has 1 saturated heterocycles. The van der Waals surface area contributed by atoms with Crippen LogP contribution in [0.5, 0.6) is 0 Å². The molecule has 6 nitrogen and oxygen atoms in total. The van der Waals surface area contributed by atoms with Crippen LogP contribution in [0.3, 0.4) is 0 Å². The third-order valence-electron chi connectivity index (χ3n) is 3.37. The molecule has 0 radical (unpaired) electrons. The summed E-state index contributed by atoms with van der Waals surface area (Å²) >= 11 is 0. The molecule has 1 rings (SSSR count). The fourth-order valence-electron chi connectivity index (χ4n) is 2.33. The molecule has 0 saturated carbocycles. The molecule has 0 aromatic rings. The van der Waals surface area contributed by atoms with E-state index in [2.05, 4.69) is 5.32 Å². The lowest BCUT2D eigenvalue weighted by Gasteiger charge is -2.28. The maximum atomic E-state index is 12.5. The molecule has 1 fully saturated rings. The fourth-order valence-corrected chi connectivity index (χ4v) is 2.33. The summed E-state index contributed by atoms with van der Waals surface area (Å²) in [4.78, 5) is 25.9. The molecular weight excluding hydrogens is 260 g/mol. The van der Waals surface area contributed by atoms with Crippen molar-refractivity contribution in [2.45, 2.75) is 38.8 Å². The Bertz CT molecular complexity index is 333. The van der Waals surface area contributed by atoms with Crippen molar-refractivity contribution >= 4 is 11.8 Å². The van der Waals surface area contributed by atoms with Gasteiger partial charge in [0.15, 0.2) is 0 Å². The van der Waals surface area contributed by atoms with Gasteiger partial charge in [-0.15, -0.1) is 0 Å². The van der Waals surface area contributed by atoms with Crippen LogP contribution in [0.2, 0.25) is 0 Å². The van der Waals surface area contributed by atoms with Crippen LogP contribution in [0.15, 0.2) is 0 Å². The lowest BCUT2D eigenvalue weighted by Crippen LogP contribution is -2.48. The minimum atomic E-state index is -0.426. The van der Waals surface area contributed by atoms with E-state index in [1.807, 2.05) is 13.8 Å². The largest absolute Gasteiger partial charge is 0.382 e. The van der Waals surface area contributed by atoms with Crippen molar-refractivity contribution in [1.29, 1.82) is 0 Å². The number of nitrogens with zero attached hydrogens (tertiary/aromatic N) is 1. The molecule has 2 unspecified atom stereocenters. The van der Waals surface area contributed by atoms with Crippen molar-refractivity contribution in [3.8, 4) is 0 Å². The zero-order valence-corrected chi connectivity index (χ0v) is 12.8. The number of nitrogens with one attached hydrogen (secondary N) is 1. The molecule has 0 bridgehead atoms. The fraction of sp³-hybridized carbons (Fsp3) is 0.857. The first-order valence-electron chi connectivity index (χ1n) is 7.07. The third-order valence-corrected chi connectivity index (χ3v) is 3.37. The zero-order chi connectivity index (χ0) is 15.1. The summed E-state index contributed by atoms with van der Waals surface area (Å²) in [6.45, 7) is 5.39. The van der Waals surface area contributed by atoms with Crippen LogP contribution < -0.4 is 5.32 Å². The second-order valence-corrected chi connectivity index (χ2v) is 5.60. The highest BCUT2D eigenvalue weighted by atomic mass is 16.5. The molecule has 1 heterocycles. The summed E-state index contributed by atoms with van der Waals surface area (Å²) < 4.78 is 10.4. The van der Waals surface area contributed by atoms with Gasteiger partial charge in [-0.2, -0.15) is 0 Å². The Balaban J connectivity index is 2.73.